The third kappa shape index (κ3) is 4.30. The summed E-state index contributed by atoms with van der Waals surface area (Å²) in [6.07, 6.45) is 0. The van der Waals surface area contributed by atoms with Crippen LogP contribution in [0.5, 0.6) is 0 Å². The number of Topliss-reactive ketones (excluding diaryl/α,β-unsaturated/α-hetero) is 1. The Labute approximate surface area is 151 Å². The maximum atomic E-state index is 12.2. The number of nitrogens with zero attached hydrogens (tertiary/aromatic N) is 2. The highest BCUT2D eigenvalue weighted by atomic mass is 16.1. The largest absolute Gasteiger partial charge is 0.339 e. The van der Waals surface area contributed by atoms with Gasteiger partial charge in [0.25, 0.3) is 5.91 Å². The van der Waals surface area contributed by atoms with Crippen molar-refractivity contribution in [2.45, 2.75) is 13.8 Å². The zero-order valence-corrected chi connectivity index (χ0v) is 14.5. The minimum atomic E-state index is -0.238. The van der Waals surface area contributed by atoms with Crippen LogP contribution in [0.1, 0.15) is 33.2 Å². The van der Waals surface area contributed by atoms with Crippen LogP contribution in [0.4, 0.5) is 17.3 Å². The molecule has 130 valence electrons. The molecule has 2 aromatic carbocycles. The van der Waals surface area contributed by atoms with E-state index < -0.39 is 0 Å². The van der Waals surface area contributed by atoms with E-state index in [1.807, 2.05) is 25.1 Å². The van der Waals surface area contributed by atoms with Crippen molar-refractivity contribution >= 4 is 29.0 Å². The normalized spacial score (nSPS) is 10.2. The molecule has 0 aliphatic carbocycles. The van der Waals surface area contributed by atoms with Crippen LogP contribution in [-0.2, 0) is 0 Å². The van der Waals surface area contributed by atoms with E-state index in [2.05, 4.69) is 20.8 Å². The molecule has 6 heteroatoms. The Bertz CT molecular complexity index is 952. The van der Waals surface area contributed by atoms with E-state index in [9.17, 15) is 9.59 Å². The molecule has 0 bridgehead atoms. The number of benzene rings is 2. The molecule has 3 rings (SSSR count). The molecule has 0 fully saturated rings. The Morgan fingerprint density at radius 1 is 0.846 bits per heavy atom. The van der Waals surface area contributed by atoms with Gasteiger partial charge in [-0.3, -0.25) is 9.59 Å². The molecule has 1 amide bonds. The van der Waals surface area contributed by atoms with E-state index in [0.717, 1.165) is 11.3 Å². The number of carbonyl (C=O) groups excluding carboxylic acids is 2. The van der Waals surface area contributed by atoms with Gasteiger partial charge in [0, 0.05) is 16.8 Å². The Kier molecular flexibility index (Phi) is 5.03. The fraction of sp³-hybridized carbons (Fsp3) is 0.100. The molecule has 6 nitrogen and oxygen atoms in total. The Morgan fingerprint density at radius 2 is 1.54 bits per heavy atom. The molecule has 0 radical (unpaired) electrons. The smallest absolute Gasteiger partial charge is 0.256 e. The minimum absolute atomic E-state index is 0.00561. The Balaban J connectivity index is 1.68. The lowest BCUT2D eigenvalue weighted by atomic mass is 10.1. The monoisotopic (exact) mass is 346 g/mol. The molecule has 0 aliphatic heterocycles. The number of hydrogen-bond acceptors (Lipinski definition) is 5. The van der Waals surface area contributed by atoms with Crippen LogP contribution in [0.2, 0.25) is 0 Å². The van der Waals surface area contributed by atoms with E-state index in [4.69, 9.17) is 0 Å². The van der Waals surface area contributed by atoms with Gasteiger partial charge in [-0.25, -0.2) is 0 Å². The molecule has 1 heterocycles. The molecule has 0 unspecified atom stereocenters. The Morgan fingerprint density at radius 3 is 2.23 bits per heavy atom. The van der Waals surface area contributed by atoms with Crippen LogP contribution in [0.3, 0.4) is 0 Å². The summed E-state index contributed by atoms with van der Waals surface area (Å²) in [6, 6.07) is 17.8. The lowest BCUT2D eigenvalue weighted by Crippen LogP contribution is -2.13. The number of carbonyl (C=O) groups is 2. The van der Waals surface area contributed by atoms with E-state index in [1.54, 1.807) is 42.5 Å². The second kappa shape index (κ2) is 7.57. The summed E-state index contributed by atoms with van der Waals surface area (Å²) in [5.41, 5.74) is 2.93. The number of ketones is 1. The van der Waals surface area contributed by atoms with Crippen molar-refractivity contribution < 1.29 is 9.59 Å². The quantitative estimate of drug-likeness (QED) is 0.683. The first-order valence-electron chi connectivity index (χ1n) is 8.11. The number of nitrogens with one attached hydrogen (secondary N) is 2. The van der Waals surface area contributed by atoms with Crippen LogP contribution in [-0.4, -0.2) is 21.9 Å². The average molecular weight is 346 g/mol. The molecule has 0 saturated heterocycles. The van der Waals surface area contributed by atoms with Gasteiger partial charge in [-0.05, 0) is 50.2 Å². The molecule has 0 aliphatic rings. The van der Waals surface area contributed by atoms with E-state index in [-0.39, 0.29) is 11.7 Å². The van der Waals surface area contributed by atoms with E-state index in [0.29, 0.717) is 22.8 Å². The number of amides is 1. The van der Waals surface area contributed by atoms with Crippen molar-refractivity contribution in [2.24, 2.45) is 0 Å². The third-order valence-electron chi connectivity index (χ3n) is 3.73. The standard InChI is InChI=1S/C20H18N4O2/c1-13-5-3-7-16(11-13)20(26)22-19-10-9-18(23-24-19)21-17-8-4-6-15(12-17)14(2)25/h3-12H,1-2H3,(H,21,23)(H,22,24,26). The first kappa shape index (κ1) is 17.3. The van der Waals surface area contributed by atoms with Gasteiger partial charge in [-0.15, -0.1) is 10.2 Å². The summed E-state index contributed by atoms with van der Waals surface area (Å²) < 4.78 is 0. The fourth-order valence-corrected chi connectivity index (χ4v) is 2.40. The predicted octanol–water partition coefficient (Wildman–Crippen LogP) is 3.98. The van der Waals surface area contributed by atoms with Crippen molar-refractivity contribution in [2.75, 3.05) is 10.6 Å². The van der Waals surface area contributed by atoms with Gasteiger partial charge in [-0.2, -0.15) is 0 Å². The second-order valence-corrected chi connectivity index (χ2v) is 5.89. The molecule has 1 aromatic heterocycles. The lowest BCUT2D eigenvalue weighted by molar-refractivity contribution is 0.101. The van der Waals surface area contributed by atoms with Gasteiger partial charge in [-0.1, -0.05) is 29.8 Å². The predicted molar refractivity (Wildman–Crippen MR) is 101 cm³/mol. The maximum Gasteiger partial charge on any atom is 0.256 e. The van der Waals surface area contributed by atoms with E-state index >= 15 is 0 Å². The van der Waals surface area contributed by atoms with Crippen LogP contribution >= 0.6 is 0 Å². The Hall–Kier alpha value is -3.54. The highest BCUT2D eigenvalue weighted by Gasteiger charge is 2.08. The molecular weight excluding hydrogens is 328 g/mol. The average Bonchev–Trinajstić information content (AvgIpc) is 2.63. The summed E-state index contributed by atoms with van der Waals surface area (Å²) >= 11 is 0. The van der Waals surface area contributed by atoms with Crippen molar-refractivity contribution in [3.63, 3.8) is 0 Å². The zero-order chi connectivity index (χ0) is 18.5. The molecule has 2 N–H and O–H groups in total. The first-order chi connectivity index (χ1) is 12.5. The van der Waals surface area contributed by atoms with Gasteiger partial charge in [0.05, 0.1) is 0 Å². The van der Waals surface area contributed by atoms with Crippen LogP contribution in [0, 0.1) is 6.92 Å². The molecule has 26 heavy (non-hydrogen) atoms. The number of aryl methyl sites for hydroxylation is 1. The summed E-state index contributed by atoms with van der Waals surface area (Å²) in [5.74, 6) is 0.630. The van der Waals surface area contributed by atoms with Crippen molar-refractivity contribution in [3.8, 4) is 0 Å². The molecule has 0 spiro atoms. The van der Waals surface area contributed by atoms with E-state index in [1.165, 1.54) is 6.92 Å². The highest BCUT2D eigenvalue weighted by molar-refractivity contribution is 6.03. The topological polar surface area (TPSA) is 84.0 Å². The van der Waals surface area contributed by atoms with Gasteiger partial charge in [0.2, 0.25) is 0 Å². The van der Waals surface area contributed by atoms with Crippen molar-refractivity contribution in [1.29, 1.82) is 0 Å². The highest BCUT2D eigenvalue weighted by Crippen LogP contribution is 2.17. The van der Waals surface area contributed by atoms with Crippen LogP contribution in [0.15, 0.2) is 60.7 Å². The summed E-state index contributed by atoms with van der Waals surface area (Å²) in [5, 5.41) is 13.9. The van der Waals surface area contributed by atoms with Crippen molar-refractivity contribution in [1.82, 2.24) is 10.2 Å². The number of anilines is 3. The molecule has 0 saturated carbocycles. The number of aromatic nitrogens is 2. The lowest BCUT2D eigenvalue weighted by Gasteiger charge is -2.08. The van der Waals surface area contributed by atoms with Gasteiger partial charge in [0.1, 0.15) is 0 Å². The van der Waals surface area contributed by atoms with Crippen molar-refractivity contribution in [3.05, 3.63) is 77.4 Å². The summed E-state index contributed by atoms with van der Waals surface area (Å²) in [4.78, 5) is 23.7. The zero-order valence-electron chi connectivity index (χ0n) is 14.5. The molecule has 0 atom stereocenters. The minimum Gasteiger partial charge on any atom is -0.339 e. The SMILES string of the molecule is CC(=O)c1cccc(Nc2ccc(NC(=O)c3cccc(C)c3)nn2)c1. The number of rotatable bonds is 5. The second-order valence-electron chi connectivity index (χ2n) is 5.89. The number of hydrogen-bond donors (Lipinski definition) is 2. The first-order valence-corrected chi connectivity index (χ1v) is 8.11. The third-order valence-corrected chi connectivity index (χ3v) is 3.73. The maximum absolute atomic E-state index is 12.2. The summed E-state index contributed by atoms with van der Waals surface area (Å²) in [7, 11) is 0. The van der Waals surface area contributed by atoms with Crippen LogP contribution < -0.4 is 10.6 Å². The van der Waals surface area contributed by atoms with Gasteiger partial charge >= 0.3 is 0 Å². The fourth-order valence-electron chi connectivity index (χ4n) is 2.40. The van der Waals surface area contributed by atoms with Gasteiger partial charge < -0.3 is 10.6 Å². The molecular formula is C20H18N4O2. The van der Waals surface area contributed by atoms with Crippen LogP contribution in [0.25, 0.3) is 0 Å². The van der Waals surface area contributed by atoms with Gasteiger partial charge in [0.15, 0.2) is 17.4 Å². The summed E-state index contributed by atoms with van der Waals surface area (Å²) in [6.45, 7) is 3.45. The molecule has 3 aromatic rings.